The van der Waals surface area contributed by atoms with Crippen LogP contribution in [0.5, 0.6) is 5.75 Å². The molecule has 0 bridgehead atoms. The number of ketones is 1. The molecule has 196 valence electrons. The topological polar surface area (TPSA) is 93.2 Å². The first-order valence-electron chi connectivity index (χ1n) is 11.4. The smallest absolute Gasteiger partial charge is 0.393 e. The summed E-state index contributed by atoms with van der Waals surface area (Å²) in [6, 6.07) is 4.62. The normalized spacial score (nSPS) is 21.4. The number of carbonyl (C=O) groups excluding carboxylic acids is 2. The molecular formula is C23H31F3N2O6S. The highest BCUT2D eigenvalue weighted by Gasteiger charge is 2.48. The van der Waals surface area contributed by atoms with Crippen LogP contribution in [0.3, 0.4) is 0 Å². The first-order chi connectivity index (χ1) is 16.1. The van der Waals surface area contributed by atoms with Gasteiger partial charge in [-0.15, -0.1) is 0 Å². The van der Waals surface area contributed by atoms with E-state index in [2.05, 4.69) is 0 Å². The summed E-state index contributed by atoms with van der Waals surface area (Å²) in [4.78, 5) is 23.7. The largest absolute Gasteiger partial charge is 0.486 e. The third kappa shape index (κ3) is 6.87. The van der Waals surface area contributed by atoms with Crippen LogP contribution in [0, 0.1) is 5.92 Å². The first-order valence-corrected chi connectivity index (χ1v) is 12.8. The SMILES string of the molecule is CC(=O)CC[C@H]1CN(S(=O)(=O)N2CCC(C(F)(F)F)C2)c2cc(CC(=O)OC(C)(C)C)ccc2O1. The maximum absolute atomic E-state index is 13.5. The van der Waals surface area contributed by atoms with Crippen molar-refractivity contribution in [3.8, 4) is 5.75 Å². The van der Waals surface area contributed by atoms with Gasteiger partial charge in [0.2, 0.25) is 0 Å². The molecule has 8 nitrogen and oxygen atoms in total. The van der Waals surface area contributed by atoms with Crippen molar-refractivity contribution in [3.05, 3.63) is 23.8 Å². The zero-order valence-electron chi connectivity index (χ0n) is 20.2. The number of fused-ring (bicyclic) bond motifs is 1. The fourth-order valence-electron chi connectivity index (χ4n) is 4.09. The Bertz CT molecular complexity index is 1070. The van der Waals surface area contributed by atoms with Gasteiger partial charge in [0.05, 0.1) is 24.6 Å². The van der Waals surface area contributed by atoms with Gasteiger partial charge in [-0.25, -0.2) is 0 Å². The van der Waals surface area contributed by atoms with Crippen molar-refractivity contribution in [1.82, 2.24) is 4.31 Å². The Kier molecular flexibility index (Phi) is 7.76. The van der Waals surface area contributed by atoms with Crippen LogP contribution in [0.1, 0.15) is 52.5 Å². The van der Waals surface area contributed by atoms with E-state index in [-0.39, 0.29) is 56.0 Å². The maximum atomic E-state index is 13.5. The molecule has 0 saturated carbocycles. The average Bonchev–Trinajstić information content (AvgIpc) is 3.22. The van der Waals surface area contributed by atoms with Crippen LogP contribution in [-0.4, -0.2) is 62.0 Å². The van der Waals surface area contributed by atoms with E-state index >= 15 is 0 Å². The quantitative estimate of drug-likeness (QED) is 0.510. The van der Waals surface area contributed by atoms with Gasteiger partial charge in [-0.05, 0) is 58.2 Å². The number of rotatable bonds is 7. The van der Waals surface area contributed by atoms with Crippen molar-refractivity contribution in [2.75, 3.05) is 23.9 Å². The molecule has 35 heavy (non-hydrogen) atoms. The highest BCUT2D eigenvalue weighted by Crippen LogP contribution is 2.40. The summed E-state index contributed by atoms with van der Waals surface area (Å²) in [5, 5.41) is 0. The van der Waals surface area contributed by atoms with Crippen LogP contribution < -0.4 is 9.04 Å². The lowest BCUT2D eigenvalue weighted by Crippen LogP contribution is -2.49. The van der Waals surface area contributed by atoms with Crippen molar-refractivity contribution in [3.63, 3.8) is 0 Å². The summed E-state index contributed by atoms with van der Waals surface area (Å²) < 4.78 is 79.7. The van der Waals surface area contributed by atoms with Crippen LogP contribution in [0.25, 0.3) is 0 Å². The van der Waals surface area contributed by atoms with Gasteiger partial charge >= 0.3 is 22.4 Å². The fraction of sp³-hybridized carbons (Fsp3) is 0.652. The van der Waals surface area contributed by atoms with E-state index in [1.807, 2.05) is 0 Å². The lowest BCUT2D eigenvalue weighted by Gasteiger charge is -2.37. The molecule has 1 aromatic carbocycles. The number of alkyl halides is 3. The predicted octanol–water partition coefficient (Wildman–Crippen LogP) is 3.64. The van der Waals surface area contributed by atoms with Gasteiger partial charge in [0.25, 0.3) is 0 Å². The van der Waals surface area contributed by atoms with E-state index in [1.165, 1.54) is 19.1 Å². The van der Waals surface area contributed by atoms with Crippen molar-refractivity contribution in [1.29, 1.82) is 0 Å². The molecule has 1 saturated heterocycles. The molecule has 0 amide bonds. The molecule has 3 rings (SSSR count). The molecule has 2 atom stereocenters. The number of Topliss-reactive ketones (excluding diaryl/α,β-unsaturated/α-hetero) is 1. The number of benzene rings is 1. The zero-order chi connectivity index (χ0) is 26.2. The number of esters is 1. The van der Waals surface area contributed by atoms with Gasteiger partial charge in [0.1, 0.15) is 23.2 Å². The van der Waals surface area contributed by atoms with Crippen LogP contribution in [0.15, 0.2) is 18.2 Å². The molecule has 1 fully saturated rings. The molecule has 0 aromatic heterocycles. The third-order valence-corrected chi connectivity index (χ3v) is 7.65. The molecule has 2 aliphatic heterocycles. The Morgan fingerprint density at radius 3 is 2.43 bits per heavy atom. The lowest BCUT2D eigenvalue weighted by molar-refractivity contribution is -0.169. The number of anilines is 1. The summed E-state index contributed by atoms with van der Waals surface area (Å²) >= 11 is 0. The highest BCUT2D eigenvalue weighted by atomic mass is 32.2. The second-order valence-corrected chi connectivity index (χ2v) is 11.8. The van der Waals surface area contributed by atoms with E-state index in [1.54, 1.807) is 26.8 Å². The Labute approximate surface area is 203 Å². The van der Waals surface area contributed by atoms with Gasteiger partial charge in [0.15, 0.2) is 0 Å². The molecule has 1 aromatic rings. The number of halogens is 3. The van der Waals surface area contributed by atoms with Crippen molar-refractivity contribution in [2.24, 2.45) is 5.92 Å². The van der Waals surface area contributed by atoms with Gasteiger partial charge in [-0.2, -0.15) is 25.9 Å². The van der Waals surface area contributed by atoms with Crippen LogP contribution in [0.4, 0.5) is 18.9 Å². The summed E-state index contributed by atoms with van der Waals surface area (Å²) in [7, 11) is -4.33. The van der Waals surface area contributed by atoms with E-state index in [9.17, 15) is 31.2 Å². The molecular weight excluding hydrogens is 489 g/mol. The van der Waals surface area contributed by atoms with Crippen LogP contribution in [-0.2, 0) is 31.0 Å². The number of hydrogen-bond acceptors (Lipinski definition) is 6. The Morgan fingerprint density at radius 2 is 1.86 bits per heavy atom. The van der Waals surface area contributed by atoms with Gasteiger partial charge < -0.3 is 14.3 Å². The summed E-state index contributed by atoms with van der Waals surface area (Å²) in [5.74, 6) is -2.11. The summed E-state index contributed by atoms with van der Waals surface area (Å²) in [5.41, 5.74) is -0.0856. The van der Waals surface area contributed by atoms with Crippen LogP contribution >= 0.6 is 0 Å². The molecule has 0 aliphatic carbocycles. The minimum absolute atomic E-state index is 0.0888. The fourth-order valence-corrected chi connectivity index (χ4v) is 5.82. The van der Waals surface area contributed by atoms with Gasteiger partial charge in [-0.1, -0.05) is 6.07 Å². The van der Waals surface area contributed by atoms with Crippen molar-refractivity contribution >= 4 is 27.6 Å². The number of ether oxygens (including phenoxy) is 2. The lowest BCUT2D eigenvalue weighted by atomic mass is 10.1. The first kappa shape index (κ1) is 27.3. The third-order valence-electron chi connectivity index (χ3n) is 5.76. The average molecular weight is 521 g/mol. The Balaban J connectivity index is 1.91. The highest BCUT2D eigenvalue weighted by molar-refractivity contribution is 7.90. The van der Waals surface area contributed by atoms with Gasteiger partial charge in [0, 0.05) is 19.5 Å². The number of nitrogens with zero attached hydrogens (tertiary/aromatic N) is 2. The second-order valence-electron chi connectivity index (χ2n) is 9.97. The molecule has 0 spiro atoms. The second kappa shape index (κ2) is 9.96. The summed E-state index contributed by atoms with van der Waals surface area (Å²) in [6.45, 7) is 5.52. The molecule has 2 aliphatic rings. The standard InChI is InChI=1S/C23H31F3N2O6S/c1-15(29)5-7-18-14-28(35(31,32)27-10-9-17(13-27)23(24,25)26)19-11-16(6-8-20(19)33-18)12-21(30)34-22(2,3)4/h6,8,11,17-18H,5,7,9-10,12-14H2,1-4H3/t17?,18-/m0/s1. The molecule has 12 heteroatoms. The zero-order valence-corrected chi connectivity index (χ0v) is 21.0. The molecule has 1 unspecified atom stereocenters. The molecule has 2 heterocycles. The molecule has 0 radical (unpaired) electrons. The molecule has 0 N–H and O–H groups in total. The maximum Gasteiger partial charge on any atom is 0.393 e. The minimum atomic E-state index is -4.49. The van der Waals surface area contributed by atoms with Crippen molar-refractivity contribution in [2.45, 2.75) is 71.3 Å². The monoisotopic (exact) mass is 520 g/mol. The van der Waals surface area contributed by atoms with E-state index < -0.39 is 46.5 Å². The summed E-state index contributed by atoms with van der Waals surface area (Å²) in [6.07, 6.45) is -5.15. The van der Waals surface area contributed by atoms with E-state index in [4.69, 9.17) is 9.47 Å². The van der Waals surface area contributed by atoms with E-state index in [0.29, 0.717) is 5.56 Å². The van der Waals surface area contributed by atoms with Crippen molar-refractivity contribution < 1.29 is 40.7 Å². The van der Waals surface area contributed by atoms with Crippen LogP contribution in [0.2, 0.25) is 0 Å². The number of hydrogen-bond donors (Lipinski definition) is 0. The Morgan fingerprint density at radius 1 is 1.17 bits per heavy atom. The Hall–Kier alpha value is -2.34. The predicted molar refractivity (Wildman–Crippen MR) is 122 cm³/mol. The minimum Gasteiger partial charge on any atom is -0.486 e. The van der Waals surface area contributed by atoms with E-state index in [0.717, 1.165) is 8.61 Å². The number of carbonyl (C=O) groups is 2. The van der Waals surface area contributed by atoms with Gasteiger partial charge in [-0.3, -0.25) is 9.10 Å².